The van der Waals surface area contributed by atoms with Crippen molar-refractivity contribution in [3.05, 3.63) is 39.5 Å². The SMILES string of the molecule is CCCCn1ccnc1Nc1c(Br)cccc1Br. The summed E-state index contributed by atoms with van der Waals surface area (Å²) >= 11 is 7.08. The van der Waals surface area contributed by atoms with Gasteiger partial charge in [0.2, 0.25) is 5.95 Å². The van der Waals surface area contributed by atoms with E-state index in [2.05, 4.69) is 53.7 Å². The van der Waals surface area contributed by atoms with E-state index in [-0.39, 0.29) is 0 Å². The molecule has 0 atom stereocenters. The van der Waals surface area contributed by atoms with E-state index < -0.39 is 0 Å². The number of hydrogen-bond donors (Lipinski definition) is 1. The second-order valence-electron chi connectivity index (χ2n) is 4.02. The summed E-state index contributed by atoms with van der Waals surface area (Å²) in [5.74, 6) is 0.871. The number of nitrogens with zero attached hydrogens (tertiary/aromatic N) is 2. The number of hydrogen-bond acceptors (Lipinski definition) is 2. The summed E-state index contributed by atoms with van der Waals surface area (Å²) in [7, 11) is 0. The molecule has 1 aromatic carbocycles. The molecule has 0 radical (unpaired) electrons. The molecule has 0 spiro atoms. The van der Waals surface area contributed by atoms with Crippen LogP contribution < -0.4 is 5.32 Å². The highest BCUT2D eigenvalue weighted by Gasteiger charge is 2.08. The maximum absolute atomic E-state index is 4.36. The molecule has 2 aromatic rings. The molecule has 1 heterocycles. The van der Waals surface area contributed by atoms with Gasteiger partial charge in [-0.1, -0.05) is 19.4 Å². The Kier molecular flexibility index (Phi) is 4.83. The normalized spacial score (nSPS) is 10.6. The zero-order valence-electron chi connectivity index (χ0n) is 10.2. The minimum Gasteiger partial charge on any atom is -0.324 e. The van der Waals surface area contributed by atoms with Gasteiger partial charge in [-0.2, -0.15) is 0 Å². The van der Waals surface area contributed by atoms with Crippen LogP contribution in [0, 0.1) is 0 Å². The zero-order chi connectivity index (χ0) is 13.0. The average molecular weight is 373 g/mol. The van der Waals surface area contributed by atoms with Crippen molar-refractivity contribution in [2.24, 2.45) is 0 Å². The van der Waals surface area contributed by atoms with E-state index in [1.165, 1.54) is 6.42 Å². The van der Waals surface area contributed by atoms with E-state index in [0.29, 0.717) is 0 Å². The average Bonchev–Trinajstić information content (AvgIpc) is 2.79. The lowest BCUT2D eigenvalue weighted by atomic mass is 10.3. The molecule has 0 saturated carbocycles. The number of halogens is 2. The summed E-state index contributed by atoms with van der Waals surface area (Å²) < 4.78 is 4.17. The van der Waals surface area contributed by atoms with Crippen molar-refractivity contribution in [2.75, 3.05) is 5.32 Å². The van der Waals surface area contributed by atoms with Crippen molar-refractivity contribution in [1.29, 1.82) is 0 Å². The highest BCUT2D eigenvalue weighted by Crippen LogP contribution is 2.32. The van der Waals surface area contributed by atoms with Gasteiger partial charge in [-0.05, 0) is 50.4 Å². The summed E-state index contributed by atoms with van der Waals surface area (Å²) in [6, 6.07) is 6.00. The maximum Gasteiger partial charge on any atom is 0.207 e. The Hall–Kier alpha value is -0.810. The summed E-state index contributed by atoms with van der Waals surface area (Å²) in [4.78, 5) is 4.36. The third-order valence-electron chi connectivity index (χ3n) is 2.67. The van der Waals surface area contributed by atoms with E-state index in [1.54, 1.807) is 0 Å². The van der Waals surface area contributed by atoms with Crippen molar-refractivity contribution < 1.29 is 0 Å². The van der Waals surface area contributed by atoms with Gasteiger partial charge in [-0.25, -0.2) is 4.98 Å². The van der Waals surface area contributed by atoms with Gasteiger partial charge in [0, 0.05) is 27.9 Å². The largest absolute Gasteiger partial charge is 0.324 e. The number of aromatic nitrogens is 2. The van der Waals surface area contributed by atoms with Gasteiger partial charge in [0.05, 0.1) is 5.69 Å². The Balaban J connectivity index is 2.21. The van der Waals surface area contributed by atoms with Crippen LogP contribution in [0.3, 0.4) is 0 Å². The second kappa shape index (κ2) is 6.38. The molecular formula is C13H15Br2N3. The van der Waals surface area contributed by atoms with E-state index in [9.17, 15) is 0 Å². The number of aryl methyl sites for hydroxylation is 1. The summed E-state index contributed by atoms with van der Waals surface area (Å²) in [5, 5.41) is 3.36. The van der Waals surface area contributed by atoms with Crippen LogP contribution in [0.4, 0.5) is 11.6 Å². The fourth-order valence-corrected chi connectivity index (χ4v) is 2.87. The summed E-state index contributed by atoms with van der Waals surface area (Å²) in [5.41, 5.74) is 1.00. The molecule has 0 aliphatic heterocycles. The fourth-order valence-electron chi connectivity index (χ4n) is 1.67. The fraction of sp³-hybridized carbons (Fsp3) is 0.308. The van der Waals surface area contributed by atoms with Crippen LogP contribution in [0.1, 0.15) is 19.8 Å². The quantitative estimate of drug-likeness (QED) is 0.804. The smallest absolute Gasteiger partial charge is 0.207 e. The molecule has 0 aliphatic rings. The van der Waals surface area contributed by atoms with Crippen LogP contribution in [0.5, 0.6) is 0 Å². The van der Waals surface area contributed by atoms with Crippen LogP contribution in [0.15, 0.2) is 39.5 Å². The minimum absolute atomic E-state index is 0.871. The van der Waals surface area contributed by atoms with Gasteiger partial charge >= 0.3 is 0 Å². The third kappa shape index (κ3) is 3.14. The number of anilines is 2. The van der Waals surface area contributed by atoms with Crippen molar-refractivity contribution in [2.45, 2.75) is 26.3 Å². The van der Waals surface area contributed by atoms with Crippen molar-refractivity contribution in [3.63, 3.8) is 0 Å². The number of imidazole rings is 1. The lowest BCUT2D eigenvalue weighted by Crippen LogP contribution is -2.04. The standard InChI is InChI=1S/C13H15Br2N3/c1-2-3-8-18-9-7-16-13(18)17-12-10(14)5-4-6-11(12)15/h4-7,9H,2-3,8H2,1H3,(H,16,17). The molecule has 0 saturated heterocycles. The molecule has 2 rings (SSSR count). The Morgan fingerprint density at radius 1 is 1.28 bits per heavy atom. The van der Waals surface area contributed by atoms with Crippen LogP contribution in [-0.4, -0.2) is 9.55 Å². The Morgan fingerprint density at radius 3 is 2.67 bits per heavy atom. The Bertz CT molecular complexity index is 502. The van der Waals surface area contributed by atoms with Crippen LogP contribution in [0.2, 0.25) is 0 Å². The minimum atomic E-state index is 0.871. The molecule has 0 bridgehead atoms. The molecule has 96 valence electrons. The number of benzene rings is 1. The Morgan fingerprint density at radius 2 is 2.00 bits per heavy atom. The first-order chi connectivity index (χ1) is 8.72. The number of rotatable bonds is 5. The topological polar surface area (TPSA) is 29.9 Å². The van der Waals surface area contributed by atoms with Crippen molar-refractivity contribution >= 4 is 43.5 Å². The highest BCUT2D eigenvalue weighted by molar-refractivity contribution is 9.11. The molecule has 1 aromatic heterocycles. The molecule has 1 N–H and O–H groups in total. The lowest BCUT2D eigenvalue weighted by Gasteiger charge is -2.12. The first-order valence-electron chi connectivity index (χ1n) is 5.94. The second-order valence-corrected chi connectivity index (χ2v) is 5.73. The first kappa shape index (κ1) is 13.6. The van der Waals surface area contributed by atoms with E-state index >= 15 is 0 Å². The third-order valence-corrected chi connectivity index (χ3v) is 3.99. The number of unbranched alkanes of at least 4 members (excludes halogenated alkanes) is 1. The molecule has 5 heteroatoms. The van der Waals surface area contributed by atoms with Gasteiger partial charge in [0.25, 0.3) is 0 Å². The van der Waals surface area contributed by atoms with E-state index in [1.807, 2.05) is 30.6 Å². The van der Waals surface area contributed by atoms with Crippen LogP contribution in [-0.2, 0) is 6.54 Å². The van der Waals surface area contributed by atoms with Crippen LogP contribution >= 0.6 is 31.9 Å². The molecule has 3 nitrogen and oxygen atoms in total. The summed E-state index contributed by atoms with van der Waals surface area (Å²) in [6.45, 7) is 3.18. The van der Waals surface area contributed by atoms with Crippen molar-refractivity contribution in [3.8, 4) is 0 Å². The van der Waals surface area contributed by atoms with Gasteiger partial charge < -0.3 is 9.88 Å². The number of nitrogens with one attached hydrogen (secondary N) is 1. The molecule has 0 unspecified atom stereocenters. The van der Waals surface area contributed by atoms with Gasteiger partial charge in [-0.15, -0.1) is 0 Å². The predicted octanol–water partition coefficient (Wildman–Crippen LogP) is 4.95. The van der Waals surface area contributed by atoms with Gasteiger partial charge in [0.15, 0.2) is 0 Å². The lowest BCUT2D eigenvalue weighted by molar-refractivity contribution is 0.638. The van der Waals surface area contributed by atoms with Gasteiger partial charge in [0.1, 0.15) is 0 Å². The van der Waals surface area contributed by atoms with Gasteiger partial charge in [-0.3, -0.25) is 0 Å². The van der Waals surface area contributed by atoms with Crippen molar-refractivity contribution in [1.82, 2.24) is 9.55 Å². The monoisotopic (exact) mass is 371 g/mol. The zero-order valence-corrected chi connectivity index (χ0v) is 13.3. The first-order valence-corrected chi connectivity index (χ1v) is 7.53. The highest BCUT2D eigenvalue weighted by atomic mass is 79.9. The summed E-state index contributed by atoms with van der Waals surface area (Å²) in [6.07, 6.45) is 6.16. The molecule has 0 amide bonds. The molecule has 0 fully saturated rings. The molecular weight excluding hydrogens is 358 g/mol. The maximum atomic E-state index is 4.36. The predicted molar refractivity (Wildman–Crippen MR) is 82.3 cm³/mol. The van der Waals surface area contributed by atoms with E-state index in [4.69, 9.17) is 0 Å². The van der Waals surface area contributed by atoms with Crippen LogP contribution in [0.25, 0.3) is 0 Å². The molecule has 18 heavy (non-hydrogen) atoms. The van der Waals surface area contributed by atoms with E-state index in [0.717, 1.165) is 33.5 Å². The Labute approximate surface area is 124 Å². The molecule has 0 aliphatic carbocycles. The number of para-hydroxylation sites is 1.